The van der Waals surface area contributed by atoms with E-state index < -0.39 is 0 Å². The Hall–Kier alpha value is -5.54. The molecular formula is C48H49BN2. The molecular weight excluding hydrogens is 615 g/mol. The Labute approximate surface area is 305 Å². The van der Waals surface area contributed by atoms with Gasteiger partial charge >= 0.3 is 0 Å². The minimum Gasteiger partial charge on any atom is -0.364 e. The molecule has 0 radical (unpaired) electrons. The molecule has 0 bridgehead atoms. The lowest BCUT2D eigenvalue weighted by Crippen LogP contribution is -2.47. The summed E-state index contributed by atoms with van der Waals surface area (Å²) in [5, 5.41) is 5.07. The second kappa shape index (κ2) is 16.0. The van der Waals surface area contributed by atoms with E-state index in [0.29, 0.717) is 12.5 Å². The van der Waals surface area contributed by atoms with Crippen molar-refractivity contribution in [2.45, 2.75) is 53.4 Å². The van der Waals surface area contributed by atoms with Crippen molar-refractivity contribution in [3.8, 4) is 5.69 Å². The van der Waals surface area contributed by atoms with Gasteiger partial charge in [-0.05, 0) is 74.5 Å². The van der Waals surface area contributed by atoms with Crippen LogP contribution in [0.2, 0.25) is 5.82 Å². The van der Waals surface area contributed by atoms with Crippen LogP contribution in [0.15, 0.2) is 169 Å². The Morgan fingerprint density at radius 1 is 0.667 bits per heavy atom. The highest BCUT2D eigenvalue weighted by molar-refractivity contribution is 6.87. The normalized spacial score (nSPS) is 16.0. The molecule has 2 unspecified atom stereocenters. The molecule has 51 heavy (non-hydrogen) atoms. The SMILES string of the molecule is C=C1C=C(C)C=CC1B(c1ccccc1)c1ccccc1C.CC.Cc1ccccc1C1=Cc2c(n(-c3ccccc3)c3ccccc23)NC1C. The first kappa shape index (κ1) is 35.3. The van der Waals surface area contributed by atoms with Crippen molar-refractivity contribution in [1.82, 2.24) is 4.57 Å². The fourth-order valence-corrected chi connectivity index (χ4v) is 7.49. The summed E-state index contributed by atoms with van der Waals surface area (Å²) < 4.78 is 2.34. The van der Waals surface area contributed by atoms with Gasteiger partial charge in [-0.25, -0.2) is 0 Å². The zero-order chi connectivity index (χ0) is 35.9. The minimum atomic E-state index is 0.241. The van der Waals surface area contributed by atoms with Gasteiger partial charge in [0, 0.05) is 16.6 Å². The summed E-state index contributed by atoms with van der Waals surface area (Å²) in [4.78, 5) is 0. The van der Waals surface area contributed by atoms with E-state index in [1.165, 1.54) is 72.3 Å². The highest BCUT2D eigenvalue weighted by Crippen LogP contribution is 2.41. The van der Waals surface area contributed by atoms with Crippen molar-refractivity contribution >= 4 is 46.0 Å². The predicted octanol–water partition coefficient (Wildman–Crippen LogP) is 11.4. The van der Waals surface area contributed by atoms with Gasteiger partial charge in [-0.3, -0.25) is 4.57 Å². The summed E-state index contributed by atoms with van der Waals surface area (Å²) in [6.07, 6.45) is 9.11. The molecule has 6 aromatic rings. The first-order valence-corrected chi connectivity index (χ1v) is 18.3. The number of benzene rings is 5. The van der Waals surface area contributed by atoms with Gasteiger partial charge in [0.05, 0.1) is 11.6 Å². The van der Waals surface area contributed by atoms with Crippen LogP contribution in [0, 0.1) is 13.8 Å². The molecule has 1 N–H and O–H groups in total. The first-order chi connectivity index (χ1) is 24.9. The van der Waals surface area contributed by atoms with Crippen LogP contribution in [0.4, 0.5) is 5.82 Å². The topological polar surface area (TPSA) is 17.0 Å². The van der Waals surface area contributed by atoms with E-state index in [1.54, 1.807) is 0 Å². The average molecular weight is 665 g/mol. The van der Waals surface area contributed by atoms with Gasteiger partial charge in [0.2, 0.25) is 6.71 Å². The predicted molar refractivity (Wildman–Crippen MR) is 225 cm³/mol. The molecule has 254 valence electrons. The highest BCUT2D eigenvalue weighted by Gasteiger charge is 2.31. The number of rotatable bonds is 5. The monoisotopic (exact) mass is 664 g/mol. The molecule has 2 aliphatic rings. The van der Waals surface area contributed by atoms with Crippen molar-refractivity contribution in [3.05, 3.63) is 192 Å². The zero-order valence-electron chi connectivity index (χ0n) is 30.9. The van der Waals surface area contributed by atoms with Crippen LogP contribution in [0.3, 0.4) is 0 Å². The van der Waals surface area contributed by atoms with E-state index in [9.17, 15) is 0 Å². The average Bonchev–Trinajstić information content (AvgIpc) is 3.48. The van der Waals surface area contributed by atoms with Crippen LogP contribution in [0.25, 0.3) is 28.2 Å². The Balaban J connectivity index is 0.000000171. The molecule has 3 heteroatoms. The molecule has 0 saturated heterocycles. The van der Waals surface area contributed by atoms with Crippen LogP contribution in [0.1, 0.15) is 49.9 Å². The van der Waals surface area contributed by atoms with Crippen LogP contribution >= 0.6 is 0 Å². The zero-order valence-corrected chi connectivity index (χ0v) is 30.9. The number of nitrogens with one attached hydrogen (secondary N) is 1. The maximum Gasteiger partial charge on any atom is 0.220 e. The molecule has 0 amide bonds. The lowest BCUT2D eigenvalue weighted by Gasteiger charge is -2.27. The number of para-hydroxylation sites is 2. The van der Waals surface area contributed by atoms with E-state index >= 15 is 0 Å². The summed E-state index contributed by atoms with van der Waals surface area (Å²) in [5.74, 6) is 1.49. The molecule has 1 aliphatic carbocycles. The number of aromatic nitrogens is 1. The van der Waals surface area contributed by atoms with Gasteiger partial charge in [0.25, 0.3) is 0 Å². The second-order valence-corrected chi connectivity index (χ2v) is 13.3. The fraction of sp³-hybridized carbons (Fsp3) is 0.167. The number of aryl methyl sites for hydroxylation is 2. The van der Waals surface area contributed by atoms with Gasteiger partial charge < -0.3 is 5.32 Å². The molecule has 2 nitrogen and oxygen atoms in total. The van der Waals surface area contributed by atoms with Crippen molar-refractivity contribution in [2.75, 3.05) is 5.32 Å². The van der Waals surface area contributed by atoms with Crippen LogP contribution in [-0.4, -0.2) is 17.3 Å². The van der Waals surface area contributed by atoms with Crippen molar-refractivity contribution in [3.63, 3.8) is 0 Å². The lowest BCUT2D eigenvalue weighted by molar-refractivity contribution is 0.969. The van der Waals surface area contributed by atoms with E-state index in [2.05, 4.69) is 202 Å². The lowest BCUT2D eigenvalue weighted by atomic mass is 9.31. The molecule has 2 atom stereocenters. The smallest absolute Gasteiger partial charge is 0.220 e. The van der Waals surface area contributed by atoms with E-state index in [0.717, 1.165) is 0 Å². The summed E-state index contributed by atoms with van der Waals surface area (Å²) >= 11 is 0. The Kier molecular flexibility index (Phi) is 11.1. The summed E-state index contributed by atoms with van der Waals surface area (Å²) in [6, 6.07) is 47.6. The van der Waals surface area contributed by atoms with E-state index in [1.807, 2.05) is 13.8 Å². The third kappa shape index (κ3) is 7.35. The third-order valence-corrected chi connectivity index (χ3v) is 9.95. The quantitative estimate of drug-likeness (QED) is 0.182. The minimum absolute atomic E-state index is 0.241. The number of hydrogen-bond acceptors (Lipinski definition) is 1. The maximum atomic E-state index is 4.32. The highest BCUT2D eigenvalue weighted by atomic mass is 15.1. The fourth-order valence-electron chi connectivity index (χ4n) is 7.49. The summed E-state index contributed by atoms with van der Waals surface area (Å²) in [7, 11) is 0. The second-order valence-electron chi connectivity index (χ2n) is 13.3. The molecule has 2 heterocycles. The Bertz CT molecular complexity index is 2220. The number of hydrogen-bond donors (Lipinski definition) is 1. The first-order valence-electron chi connectivity index (χ1n) is 18.3. The molecule has 0 fully saturated rings. The van der Waals surface area contributed by atoms with Crippen molar-refractivity contribution < 1.29 is 0 Å². The number of nitrogens with zero attached hydrogens (tertiary/aromatic N) is 1. The van der Waals surface area contributed by atoms with Crippen LogP contribution in [-0.2, 0) is 0 Å². The Morgan fingerprint density at radius 3 is 1.96 bits per heavy atom. The summed E-state index contributed by atoms with van der Waals surface area (Å²) in [5.41, 5.74) is 14.2. The number of allylic oxidation sites excluding steroid dienone is 5. The number of fused-ring (bicyclic) bond motifs is 3. The van der Waals surface area contributed by atoms with Crippen LogP contribution < -0.4 is 16.2 Å². The molecule has 0 spiro atoms. The van der Waals surface area contributed by atoms with Gasteiger partial charge in [-0.15, -0.1) is 0 Å². The summed E-state index contributed by atoms with van der Waals surface area (Å²) in [6.45, 7) is 17.4. The van der Waals surface area contributed by atoms with Gasteiger partial charge in [-0.2, -0.15) is 0 Å². The molecule has 0 saturated carbocycles. The molecule has 1 aliphatic heterocycles. The molecule has 1 aromatic heterocycles. The Morgan fingerprint density at radius 2 is 1.27 bits per heavy atom. The largest absolute Gasteiger partial charge is 0.364 e. The molecule has 5 aromatic carbocycles. The third-order valence-electron chi connectivity index (χ3n) is 9.95. The number of anilines is 1. The van der Waals surface area contributed by atoms with Crippen LogP contribution in [0.5, 0.6) is 0 Å². The molecule has 8 rings (SSSR count). The van der Waals surface area contributed by atoms with Crippen molar-refractivity contribution in [1.29, 1.82) is 0 Å². The van der Waals surface area contributed by atoms with E-state index in [-0.39, 0.29) is 6.04 Å². The van der Waals surface area contributed by atoms with Gasteiger partial charge in [-0.1, -0.05) is 182 Å². The standard InChI is InChI=1S/C25H22N2.C21H21B.C2H6/c1-17-10-6-7-13-20(17)22-16-23-21-14-8-9-15-24(21)27(25(23)26-18(22)2)19-11-4-3-5-12-19;1-16-13-14-21(18(3)15-16)22(19-10-5-4-6-11-19)20-12-8-7-9-17(20)2;1-2/h3-16,18,26H,1-2H3;4-15,21H,3H2,1-2H3;1-2H3. The van der Waals surface area contributed by atoms with Gasteiger partial charge in [0.15, 0.2) is 0 Å². The van der Waals surface area contributed by atoms with Gasteiger partial charge in [0.1, 0.15) is 5.82 Å². The van der Waals surface area contributed by atoms with Crippen molar-refractivity contribution in [2.24, 2.45) is 0 Å². The maximum absolute atomic E-state index is 4.32. The van der Waals surface area contributed by atoms with E-state index in [4.69, 9.17) is 0 Å².